The van der Waals surface area contributed by atoms with Crippen molar-refractivity contribution in [3.8, 4) is 0 Å². The molecule has 28 heavy (non-hydrogen) atoms. The monoisotopic (exact) mass is 383 g/mol. The van der Waals surface area contributed by atoms with Gasteiger partial charge in [0.15, 0.2) is 0 Å². The number of morpholine rings is 1. The van der Waals surface area contributed by atoms with E-state index in [0.717, 1.165) is 24.3 Å². The zero-order valence-corrected chi connectivity index (χ0v) is 15.9. The van der Waals surface area contributed by atoms with Gasteiger partial charge < -0.3 is 25.4 Å². The number of ether oxygens (including phenoxy) is 2. The van der Waals surface area contributed by atoms with Crippen LogP contribution in [0, 0.1) is 0 Å². The predicted molar refractivity (Wildman–Crippen MR) is 109 cm³/mol. The Hall–Kier alpha value is -3.06. The van der Waals surface area contributed by atoms with Gasteiger partial charge in [-0.2, -0.15) is 0 Å². The molecule has 0 atom stereocenters. The molecule has 7 heteroatoms. The molecule has 1 saturated heterocycles. The van der Waals surface area contributed by atoms with Crippen LogP contribution in [0.15, 0.2) is 42.5 Å². The second kappa shape index (κ2) is 9.23. The summed E-state index contributed by atoms with van der Waals surface area (Å²) < 4.78 is 10.3. The molecule has 1 aliphatic heterocycles. The number of nitrogen functional groups attached to an aromatic ring is 1. The number of amides is 1. The number of benzene rings is 2. The quantitative estimate of drug-likeness (QED) is 0.588. The first-order valence-electron chi connectivity index (χ1n) is 9.27. The number of carbonyl (C=O) groups is 2. The maximum Gasteiger partial charge on any atom is 0.340 e. The summed E-state index contributed by atoms with van der Waals surface area (Å²) in [5.74, 6) is -0.676. The fraction of sp³-hybridized carbons (Fsp3) is 0.333. The van der Waals surface area contributed by atoms with Gasteiger partial charge in [0.05, 0.1) is 31.6 Å². The molecular weight excluding hydrogens is 358 g/mol. The first kappa shape index (κ1) is 19.7. The minimum absolute atomic E-state index is 0.187. The van der Waals surface area contributed by atoms with Gasteiger partial charge in [0.2, 0.25) is 5.91 Å². The van der Waals surface area contributed by atoms with Crippen molar-refractivity contribution in [2.45, 2.75) is 12.8 Å². The highest BCUT2D eigenvalue weighted by atomic mass is 16.5. The van der Waals surface area contributed by atoms with E-state index in [1.54, 1.807) is 12.1 Å². The van der Waals surface area contributed by atoms with Gasteiger partial charge in [0, 0.05) is 30.9 Å². The van der Waals surface area contributed by atoms with Crippen molar-refractivity contribution >= 4 is 28.9 Å². The van der Waals surface area contributed by atoms with Crippen LogP contribution in [-0.4, -0.2) is 45.3 Å². The van der Waals surface area contributed by atoms with Crippen LogP contribution in [0.25, 0.3) is 0 Å². The van der Waals surface area contributed by atoms with E-state index in [1.165, 1.54) is 7.11 Å². The smallest absolute Gasteiger partial charge is 0.340 e. The van der Waals surface area contributed by atoms with Gasteiger partial charge in [-0.1, -0.05) is 18.2 Å². The van der Waals surface area contributed by atoms with Crippen molar-refractivity contribution in [2.75, 3.05) is 49.4 Å². The van der Waals surface area contributed by atoms with Crippen LogP contribution in [-0.2, 0) is 20.7 Å². The molecule has 3 N–H and O–H groups in total. The topological polar surface area (TPSA) is 93.9 Å². The van der Waals surface area contributed by atoms with Gasteiger partial charge in [-0.15, -0.1) is 0 Å². The van der Waals surface area contributed by atoms with Crippen molar-refractivity contribution in [1.82, 2.24) is 0 Å². The highest BCUT2D eigenvalue weighted by molar-refractivity contribution is 6.02. The zero-order chi connectivity index (χ0) is 19.9. The second-order valence-corrected chi connectivity index (χ2v) is 6.57. The van der Waals surface area contributed by atoms with E-state index in [2.05, 4.69) is 10.2 Å². The number of nitrogens with two attached hydrogens (primary N) is 1. The van der Waals surface area contributed by atoms with E-state index < -0.39 is 5.97 Å². The Bertz CT molecular complexity index is 847. The predicted octanol–water partition coefficient (Wildman–Crippen LogP) is 2.46. The Labute approximate surface area is 164 Å². The molecule has 0 aromatic heterocycles. The first-order valence-corrected chi connectivity index (χ1v) is 9.27. The Balaban J connectivity index is 1.71. The van der Waals surface area contributed by atoms with E-state index in [4.69, 9.17) is 15.2 Å². The first-order chi connectivity index (χ1) is 13.6. The molecule has 1 amide bonds. The van der Waals surface area contributed by atoms with E-state index in [0.29, 0.717) is 36.6 Å². The van der Waals surface area contributed by atoms with Crippen molar-refractivity contribution < 1.29 is 19.1 Å². The Morgan fingerprint density at radius 3 is 2.64 bits per heavy atom. The van der Waals surface area contributed by atoms with Crippen molar-refractivity contribution in [3.05, 3.63) is 53.6 Å². The Morgan fingerprint density at radius 1 is 1.18 bits per heavy atom. The number of nitrogens with zero attached hydrogens (tertiary/aromatic N) is 1. The number of hydrogen-bond acceptors (Lipinski definition) is 6. The van der Waals surface area contributed by atoms with Crippen molar-refractivity contribution in [2.24, 2.45) is 0 Å². The molecule has 0 saturated carbocycles. The summed E-state index contributed by atoms with van der Waals surface area (Å²) in [6.45, 7) is 2.80. The highest BCUT2D eigenvalue weighted by Gasteiger charge is 2.18. The number of nitrogens with one attached hydrogen (secondary N) is 1. The molecule has 0 unspecified atom stereocenters. The molecular formula is C21H25N3O4. The third-order valence-electron chi connectivity index (χ3n) is 4.74. The third kappa shape index (κ3) is 4.80. The van der Waals surface area contributed by atoms with Gasteiger partial charge in [-0.05, 0) is 36.2 Å². The Morgan fingerprint density at radius 2 is 1.93 bits per heavy atom. The van der Waals surface area contributed by atoms with Gasteiger partial charge in [0.1, 0.15) is 0 Å². The molecule has 1 fully saturated rings. The summed E-state index contributed by atoms with van der Waals surface area (Å²) in [4.78, 5) is 26.8. The summed E-state index contributed by atoms with van der Waals surface area (Å²) in [6.07, 6.45) is 0.790. The summed E-state index contributed by atoms with van der Waals surface area (Å²) in [6, 6.07) is 12.9. The van der Waals surface area contributed by atoms with Gasteiger partial charge in [0.25, 0.3) is 0 Å². The molecule has 1 heterocycles. The average Bonchev–Trinajstić information content (AvgIpc) is 2.73. The Kier molecular flexibility index (Phi) is 6.49. The molecule has 2 aromatic carbocycles. The SMILES string of the molecule is COC(=O)c1cc(N2CCOCC2)ccc1NC(=O)CCc1ccccc1N. The fourth-order valence-electron chi connectivity index (χ4n) is 3.16. The van der Waals surface area contributed by atoms with E-state index >= 15 is 0 Å². The molecule has 0 radical (unpaired) electrons. The van der Waals surface area contributed by atoms with Crippen LogP contribution >= 0.6 is 0 Å². The summed E-state index contributed by atoms with van der Waals surface area (Å²) >= 11 is 0. The highest BCUT2D eigenvalue weighted by Crippen LogP contribution is 2.25. The largest absolute Gasteiger partial charge is 0.465 e. The lowest BCUT2D eigenvalue weighted by atomic mass is 10.1. The van der Waals surface area contributed by atoms with Crippen LogP contribution in [0.4, 0.5) is 17.1 Å². The molecule has 3 rings (SSSR count). The number of esters is 1. The number of anilines is 3. The number of carbonyl (C=O) groups excluding carboxylic acids is 2. The number of hydrogen-bond donors (Lipinski definition) is 2. The van der Waals surface area contributed by atoms with Crippen LogP contribution in [0.1, 0.15) is 22.3 Å². The third-order valence-corrected chi connectivity index (χ3v) is 4.74. The minimum atomic E-state index is -0.488. The number of rotatable bonds is 6. The maximum absolute atomic E-state index is 12.4. The standard InChI is InChI=1S/C21H25N3O4/c1-27-21(26)17-14-16(24-10-12-28-13-11-24)7-8-19(17)23-20(25)9-6-15-4-2-3-5-18(15)22/h2-5,7-8,14H,6,9-13,22H2,1H3,(H,23,25). The van der Waals surface area contributed by atoms with Crippen molar-refractivity contribution in [3.63, 3.8) is 0 Å². The van der Waals surface area contributed by atoms with Crippen LogP contribution in [0.2, 0.25) is 0 Å². The number of para-hydroxylation sites is 1. The summed E-state index contributed by atoms with van der Waals surface area (Å²) in [5.41, 5.74) is 9.19. The van der Waals surface area contributed by atoms with Crippen LogP contribution < -0.4 is 16.0 Å². The van der Waals surface area contributed by atoms with E-state index in [1.807, 2.05) is 30.3 Å². The molecule has 7 nitrogen and oxygen atoms in total. The van der Waals surface area contributed by atoms with Gasteiger partial charge >= 0.3 is 5.97 Å². The second-order valence-electron chi connectivity index (χ2n) is 6.57. The molecule has 148 valence electrons. The maximum atomic E-state index is 12.4. The minimum Gasteiger partial charge on any atom is -0.465 e. The zero-order valence-electron chi connectivity index (χ0n) is 15.9. The lowest BCUT2D eigenvalue weighted by Gasteiger charge is -2.29. The summed E-state index contributed by atoms with van der Waals surface area (Å²) in [7, 11) is 1.33. The molecule has 2 aromatic rings. The van der Waals surface area contributed by atoms with Gasteiger partial charge in [-0.25, -0.2) is 4.79 Å². The molecule has 0 bridgehead atoms. The number of methoxy groups -OCH3 is 1. The fourth-order valence-corrected chi connectivity index (χ4v) is 3.16. The van der Waals surface area contributed by atoms with Gasteiger partial charge in [-0.3, -0.25) is 4.79 Å². The average molecular weight is 383 g/mol. The molecule has 1 aliphatic rings. The number of aryl methyl sites for hydroxylation is 1. The molecule has 0 aliphatic carbocycles. The molecule has 0 spiro atoms. The van der Waals surface area contributed by atoms with Crippen LogP contribution in [0.3, 0.4) is 0 Å². The van der Waals surface area contributed by atoms with Crippen LogP contribution in [0.5, 0.6) is 0 Å². The normalized spacial score (nSPS) is 13.8. The summed E-state index contributed by atoms with van der Waals surface area (Å²) in [5, 5.41) is 2.82. The van der Waals surface area contributed by atoms with E-state index in [9.17, 15) is 9.59 Å². The van der Waals surface area contributed by atoms with Crippen molar-refractivity contribution in [1.29, 1.82) is 0 Å². The van der Waals surface area contributed by atoms with E-state index in [-0.39, 0.29) is 12.3 Å². The lowest BCUT2D eigenvalue weighted by Crippen LogP contribution is -2.36. The lowest BCUT2D eigenvalue weighted by molar-refractivity contribution is -0.116.